The van der Waals surface area contributed by atoms with Crippen LogP contribution in [0.3, 0.4) is 0 Å². The van der Waals surface area contributed by atoms with Crippen LogP contribution in [0.15, 0.2) is 47.4 Å². The van der Waals surface area contributed by atoms with Gasteiger partial charge in [0.15, 0.2) is 0 Å². The van der Waals surface area contributed by atoms with Crippen molar-refractivity contribution < 1.29 is 9.59 Å². The van der Waals surface area contributed by atoms with Crippen molar-refractivity contribution in [3.63, 3.8) is 0 Å². The maximum atomic E-state index is 12.5. The molecule has 1 aliphatic rings. The van der Waals surface area contributed by atoms with Gasteiger partial charge in [-0.15, -0.1) is 11.8 Å². The van der Waals surface area contributed by atoms with Gasteiger partial charge in [-0.2, -0.15) is 0 Å². The van der Waals surface area contributed by atoms with Gasteiger partial charge in [0.1, 0.15) is 0 Å². The molecular weight excluding hydrogens is 320 g/mol. The quantitative estimate of drug-likeness (QED) is 0.846. The van der Waals surface area contributed by atoms with Gasteiger partial charge in [-0.3, -0.25) is 4.79 Å². The minimum Gasteiger partial charge on any atom is -0.307 e. The van der Waals surface area contributed by atoms with Crippen LogP contribution < -0.4 is 10.2 Å². The number of para-hydroxylation sites is 1. The summed E-state index contributed by atoms with van der Waals surface area (Å²) in [6, 6.07) is 12.2. The Kier molecular flexibility index (Phi) is 4.09. The van der Waals surface area contributed by atoms with E-state index in [1.165, 1.54) is 16.7 Å². The van der Waals surface area contributed by atoms with E-state index in [-0.39, 0.29) is 11.7 Å². The highest BCUT2D eigenvalue weighted by molar-refractivity contribution is 8.00. The Labute approximate surface area is 137 Å². The standard InChI is InChI=1S/C16H13ClN2O2S/c1-10-11(17)5-4-6-12(10)18-16(21)19-13-7-2-3-8-14(13)22-9-15(19)20/h2-8H,9H2,1H3,(H,18,21). The van der Waals surface area contributed by atoms with E-state index in [2.05, 4.69) is 5.32 Å². The fraction of sp³-hybridized carbons (Fsp3) is 0.125. The Hall–Kier alpha value is -1.98. The van der Waals surface area contributed by atoms with Crippen LogP contribution in [-0.4, -0.2) is 17.7 Å². The number of thioether (sulfide) groups is 1. The number of urea groups is 1. The number of hydrogen-bond donors (Lipinski definition) is 1. The molecule has 1 aliphatic heterocycles. The van der Waals surface area contributed by atoms with Crippen molar-refractivity contribution in [2.45, 2.75) is 11.8 Å². The lowest BCUT2D eigenvalue weighted by molar-refractivity contribution is -0.115. The molecular formula is C16H13ClN2O2S. The summed E-state index contributed by atoms with van der Waals surface area (Å²) >= 11 is 7.50. The van der Waals surface area contributed by atoms with Crippen LogP contribution in [0.2, 0.25) is 5.02 Å². The lowest BCUT2D eigenvalue weighted by atomic mass is 10.2. The smallest absolute Gasteiger partial charge is 0.307 e. The molecule has 0 aromatic heterocycles. The maximum absolute atomic E-state index is 12.5. The Morgan fingerprint density at radius 3 is 2.82 bits per heavy atom. The molecule has 112 valence electrons. The van der Waals surface area contributed by atoms with Crippen molar-refractivity contribution in [1.82, 2.24) is 0 Å². The van der Waals surface area contributed by atoms with Crippen LogP contribution in [0.5, 0.6) is 0 Å². The molecule has 0 saturated carbocycles. The summed E-state index contributed by atoms with van der Waals surface area (Å²) in [7, 11) is 0. The average molecular weight is 333 g/mol. The highest BCUT2D eigenvalue weighted by Gasteiger charge is 2.30. The molecule has 2 aromatic carbocycles. The van der Waals surface area contributed by atoms with E-state index >= 15 is 0 Å². The zero-order valence-electron chi connectivity index (χ0n) is 11.8. The SMILES string of the molecule is Cc1c(Cl)cccc1NC(=O)N1C(=O)CSc2ccccc21. The van der Waals surface area contributed by atoms with Gasteiger partial charge in [-0.1, -0.05) is 29.8 Å². The average Bonchev–Trinajstić information content (AvgIpc) is 2.51. The van der Waals surface area contributed by atoms with Crippen LogP contribution in [0, 0.1) is 6.92 Å². The number of carbonyl (C=O) groups is 2. The molecule has 0 bridgehead atoms. The zero-order valence-corrected chi connectivity index (χ0v) is 13.4. The van der Waals surface area contributed by atoms with Gasteiger partial charge >= 0.3 is 6.03 Å². The van der Waals surface area contributed by atoms with Gasteiger partial charge in [-0.05, 0) is 36.8 Å². The number of fused-ring (bicyclic) bond motifs is 1. The summed E-state index contributed by atoms with van der Waals surface area (Å²) < 4.78 is 0. The van der Waals surface area contributed by atoms with Crippen molar-refractivity contribution >= 4 is 46.7 Å². The van der Waals surface area contributed by atoms with E-state index in [9.17, 15) is 9.59 Å². The number of amides is 3. The third kappa shape index (κ3) is 2.69. The van der Waals surface area contributed by atoms with Crippen LogP contribution in [0.4, 0.5) is 16.2 Å². The van der Waals surface area contributed by atoms with Crippen molar-refractivity contribution in [3.8, 4) is 0 Å². The van der Waals surface area contributed by atoms with Gasteiger partial charge in [0.25, 0.3) is 0 Å². The van der Waals surface area contributed by atoms with E-state index in [1.807, 2.05) is 25.1 Å². The van der Waals surface area contributed by atoms with Gasteiger partial charge in [-0.25, -0.2) is 9.69 Å². The molecule has 3 amide bonds. The second-order valence-electron chi connectivity index (χ2n) is 4.83. The third-order valence-electron chi connectivity index (χ3n) is 3.42. The number of hydrogen-bond acceptors (Lipinski definition) is 3. The predicted octanol–water partition coefficient (Wildman–Crippen LogP) is 4.32. The molecule has 3 rings (SSSR count). The number of anilines is 2. The van der Waals surface area contributed by atoms with E-state index < -0.39 is 6.03 Å². The summed E-state index contributed by atoms with van der Waals surface area (Å²) in [5, 5.41) is 3.33. The topological polar surface area (TPSA) is 49.4 Å². The molecule has 1 N–H and O–H groups in total. The fourth-order valence-corrected chi connectivity index (χ4v) is 3.30. The van der Waals surface area contributed by atoms with Crippen LogP contribution in [-0.2, 0) is 4.79 Å². The Balaban J connectivity index is 1.92. The first-order valence-electron chi connectivity index (χ1n) is 6.69. The summed E-state index contributed by atoms with van der Waals surface area (Å²) in [6.07, 6.45) is 0. The van der Waals surface area contributed by atoms with Gasteiger partial charge in [0.05, 0.1) is 11.4 Å². The van der Waals surface area contributed by atoms with E-state index in [0.717, 1.165) is 10.5 Å². The number of nitrogens with one attached hydrogen (secondary N) is 1. The number of rotatable bonds is 1. The number of halogens is 1. The highest BCUT2D eigenvalue weighted by Crippen LogP contribution is 2.35. The molecule has 22 heavy (non-hydrogen) atoms. The molecule has 0 saturated heterocycles. The molecule has 0 unspecified atom stereocenters. The molecule has 4 nitrogen and oxygen atoms in total. The molecule has 1 heterocycles. The molecule has 2 aromatic rings. The molecule has 0 aliphatic carbocycles. The molecule has 0 atom stereocenters. The van der Waals surface area contributed by atoms with Crippen molar-refractivity contribution in [1.29, 1.82) is 0 Å². The Bertz CT molecular complexity index is 764. The summed E-state index contributed by atoms with van der Waals surface area (Å²) in [6.45, 7) is 1.82. The number of carbonyl (C=O) groups excluding carboxylic acids is 2. The lowest BCUT2D eigenvalue weighted by Crippen LogP contribution is -2.43. The van der Waals surface area contributed by atoms with E-state index in [0.29, 0.717) is 16.4 Å². The summed E-state index contributed by atoms with van der Waals surface area (Å²) in [5.74, 6) is 0.0137. The summed E-state index contributed by atoms with van der Waals surface area (Å²) in [5.41, 5.74) is 1.98. The molecule has 0 fully saturated rings. The first kappa shape index (κ1) is 14.9. The Morgan fingerprint density at radius 1 is 1.23 bits per heavy atom. The van der Waals surface area contributed by atoms with Crippen LogP contribution in [0.1, 0.15) is 5.56 Å². The van der Waals surface area contributed by atoms with Crippen molar-refractivity contribution in [2.75, 3.05) is 16.0 Å². The molecule has 0 radical (unpaired) electrons. The van der Waals surface area contributed by atoms with Gasteiger partial charge < -0.3 is 5.32 Å². The molecule has 6 heteroatoms. The number of nitrogens with zero attached hydrogens (tertiary/aromatic N) is 1. The largest absolute Gasteiger partial charge is 0.333 e. The first-order valence-corrected chi connectivity index (χ1v) is 8.05. The monoisotopic (exact) mass is 332 g/mol. The minimum atomic E-state index is -0.469. The van der Waals surface area contributed by atoms with Crippen molar-refractivity contribution in [3.05, 3.63) is 53.1 Å². The maximum Gasteiger partial charge on any atom is 0.333 e. The number of imide groups is 1. The Morgan fingerprint density at radius 2 is 2.00 bits per heavy atom. The zero-order chi connectivity index (χ0) is 15.7. The minimum absolute atomic E-state index is 0.235. The van der Waals surface area contributed by atoms with Crippen molar-refractivity contribution in [2.24, 2.45) is 0 Å². The fourth-order valence-electron chi connectivity index (χ4n) is 2.24. The summed E-state index contributed by atoms with van der Waals surface area (Å²) in [4.78, 5) is 26.8. The van der Waals surface area contributed by atoms with Gasteiger partial charge in [0, 0.05) is 15.6 Å². The van der Waals surface area contributed by atoms with E-state index in [1.54, 1.807) is 24.3 Å². The predicted molar refractivity (Wildman–Crippen MR) is 89.9 cm³/mol. The normalized spacial score (nSPS) is 13.7. The van der Waals surface area contributed by atoms with Gasteiger partial charge in [0.2, 0.25) is 5.91 Å². The van der Waals surface area contributed by atoms with Crippen LogP contribution >= 0.6 is 23.4 Å². The second-order valence-corrected chi connectivity index (χ2v) is 6.25. The third-order valence-corrected chi connectivity index (χ3v) is 4.88. The lowest BCUT2D eigenvalue weighted by Gasteiger charge is -2.27. The first-order chi connectivity index (χ1) is 10.6. The van der Waals surface area contributed by atoms with E-state index in [4.69, 9.17) is 11.6 Å². The second kappa shape index (κ2) is 6.02. The highest BCUT2D eigenvalue weighted by atomic mass is 35.5. The molecule has 0 spiro atoms. The van der Waals surface area contributed by atoms with Crippen LogP contribution in [0.25, 0.3) is 0 Å². The number of benzene rings is 2.